The highest BCUT2D eigenvalue weighted by molar-refractivity contribution is 5.93. The fourth-order valence-corrected chi connectivity index (χ4v) is 1.40. The molecule has 0 unspecified atom stereocenters. The van der Waals surface area contributed by atoms with Crippen LogP contribution in [-0.2, 0) is 16.0 Å². The van der Waals surface area contributed by atoms with Crippen LogP contribution in [0.4, 0.5) is 5.69 Å². The van der Waals surface area contributed by atoms with E-state index < -0.39 is 5.97 Å². The number of para-hydroxylation sites is 1. The zero-order valence-electron chi connectivity index (χ0n) is 9.77. The molecule has 1 aromatic rings. The normalized spacial score (nSPS) is 9.50. The summed E-state index contributed by atoms with van der Waals surface area (Å²) in [5.74, 6) is 1.15. The Morgan fingerprint density at radius 3 is 2.72 bits per heavy atom. The highest BCUT2D eigenvalue weighted by Crippen LogP contribution is 2.15. The molecule has 94 valence electrons. The van der Waals surface area contributed by atoms with E-state index in [4.69, 9.17) is 11.5 Å². The maximum absolute atomic E-state index is 11.5. The Hall–Kier alpha value is -2.32. The maximum Gasteiger partial charge on any atom is 0.307 e. The summed E-state index contributed by atoms with van der Waals surface area (Å²) < 4.78 is 0. The molecule has 5 nitrogen and oxygen atoms in total. The van der Waals surface area contributed by atoms with Gasteiger partial charge in [-0.25, -0.2) is 0 Å². The standard InChI is InChI=1S/C13H14N2O3/c1-2-7-14-9-12(16)15-11-6-4-3-5-10(11)8-13(17)18/h1,3-6,14H,7-9H2,(H,15,16)(H,17,18). The lowest BCUT2D eigenvalue weighted by molar-refractivity contribution is -0.136. The van der Waals surface area contributed by atoms with Crippen LogP contribution in [0.15, 0.2) is 24.3 Å². The first kappa shape index (κ1) is 13.7. The summed E-state index contributed by atoms with van der Waals surface area (Å²) in [6, 6.07) is 6.79. The molecule has 5 heteroatoms. The van der Waals surface area contributed by atoms with Gasteiger partial charge in [0.1, 0.15) is 0 Å². The number of hydrogen-bond acceptors (Lipinski definition) is 3. The van der Waals surface area contributed by atoms with Gasteiger partial charge in [0.05, 0.1) is 19.5 Å². The number of benzene rings is 1. The molecule has 0 aliphatic rings. The third kappa shape index (κ3) is 4.68. The van der Waals surface area contributed by atoms with Crippen LogP contribution in [0.25, 0.3) is 0 Å². The second-order valence-corrected chi connectivity index (χ2v) is 3.58. The Morgan fingerprint density at radius 1 is 1.33 bits per heavy atom. The SMILES string of the molecule is C#CCNCC(=O)Nc1ccccc1CC(=O)O. The van der Waals surface area contributed by atoms with Gasteiger partial charge in [0.25, 0.3) is 0 Å². The Labute approximate surface area is 105 Å². The molecule has 0 bridgehead atoms. The van der Waals surface area contributed by atoms with Gasteiger partial charge in [0.2, 0.25) is 5.91 Å². The van der Waals surface area contributed by atoms with Crippen LogP contribution in [-0.4, -0.2) is 30.1 Å². The Morgan fingerprint density at radius 2 is 2.06 bits per heavy atom. The van der Waals surface area contributed by atoms with Crippen molar-refractivity contribution in [2.45, 2.75) is 6.42 Å². The number of carbonyl (C=O) groups is 2. The smallest absolute Gasteiger partial charge is 0.307 e. The molecule has 0 saturated heterocycles. The number of rotatable bonds is 6. The molecule has 0 aromatic heterocycles. The van der Waals surface area contributed by atoms with Crippen molar-refractivity contribution in [2.24, 2.45) is 0 Å². The predicted molar refractivity (Wildman–Crippen MR) is 68.1 cm³/mol. The summed E-state index contributed by atoms with van der Waals surface area (Å²) in [6.07, 6.45) is 4.91. The number of amides is 1. The molecule has 1 amide bonds. The van der Waals surface area contributed by atoms with Crippen LogP contribution in [0.2, 0.25) is 0 Å². The average molecular weight is 246 g/mol. The first-order chi connectivity index (χ1) is 8.63. The minimum atomic E-state index is -0.942. The average Bonchev–Trinajstić information content (AvgIpc) is 2.31. The molecule has 1 rings (SSSR count). The van der Waals surface area contributed by atoms with Gasteiger partial charge in [-0.1, -0.05) is 24.1 Å². The summed E-state index contributed by atoms with van der Waals surface area (Å²) in [4.78, 5) is 22.2. The number of nitrogens with one attached hydrogen (secondary N) is 2. The van der Waals surface area contributed by atoms with Gasteiger partial charge in [-0.05, 0) is 11.6 Å². The number of terminal acetylenes is 1. The van der Waals surface area contributed by atoms with E-state index in [-0.39, 0.29) is 18.9 Å². The van der Waals surface area contributed by atoms with Crippen LogP contribution in [0.1, 0.15) is 5.56 Å². The maximum atomic E-state index is 11.5. The Balaban J connectivity index is 2.63. The van der Waals surface area contributed by atoms with Crippen LogP contribution in [0, 0.1) is 12.3 Å². The van der Waals surface area contributed by atoms with Crippen molar-refractivity contribution < 1.29 is 14.7 Å². The number of aliphatic carboxylic acids is 1. The summed E-state index contributed by atoms with van der Waals surface area (Å²) in [5, 5.41) is 14.1. The molecule has 0 fully saturated rings. The fraction of sp³-hybridized carbons (Fsp3) is 0.231. The van der Waals surface area contributed by atoms with Gasteiger partial charge in [-0.3, -0.25) is 14.9 Å². The second-order valence-electron chi connectivity index (χ2n) is 3.58. The lowest BCUT2D eigenvalue weighted by Gasteiger charge is -2.09. The molecular weight excluding hydrogens is 232 g/mol. The van der Waals surface area contributed by atoms with Gasteiger partial charge in [0.15, 0.2) is 0 Å². The molecule has 0 aliphatic carbocycles. The van der Waals surface area contributed by atoms with Crippen molar-refractivity contribution in [3.8, 4) is 12.3 Å². The first-order valence-corrected chi connectivity index (χ1v) is 5.37. The van der Waals surface area contributed by atoms with Crippen LogP contribution < -0.4 is 10.6 Å². The highest BCUT2D eigenvalue weighted by Gasteiger charge is 2.08. The quantitative estimate of drug-likeness (QED) is 0.504. The summed E-state index contributed by atoms with van der Waals surface area (Å²) in [5.41, 5.74) is 1.07. The van der Waals surface area contributed by atoms with E-state index in [1.807, 2.05) is 0 Å². The number of carbonyl (C=O) groups excluding carboxylic acids is 1. The summed E-state index contributed by atoms with van der Waals surface area (Å²) in [7, 11) is 0. The third-order valence-corrected chi connectivity index (χ3v) is 2.15. The van der Waals surface area contributed by atoms with Gasteiger partial charge in [-0.2, -0.15) is 0 Å². The Bertz CT molecular complexity index is 477. The lowest BCUT2D eigenvalue weighted by Crippen LogP contribution is -2.28. The first-order valence-electron chi connectivity index (χ1n) is 5.37. The van der Waals surface area contributed by atoms with E-state index in [1.54, 1.807) is 24.3 Å². The highest BCUT2D eigenvalue weighted by atomic mass is 16.4. The van der Waals surface area contributed by atoms with Crippen molar-refractivity contribution >= 4 is 17.6 Å². The van der Waals surface area contributed by atoms with E-state index in [9.17, 15) is 9.59 Å². The molecule has 0 spiro atoms. The summed E-state index contributed by atoms with van der Waals surface area (Å²) in [6.45, 7) is 0.399. The number of carboxylic acid groups (broad SMARTS) is 1. The minimum Gasteiger partial charge on any atom is -0.481 e. The molecule has 1 aromatic carbocycles. The molecule has 0 radical (unpaired) electrons. The molecule has 3 N–H and O–H groups in total. The third-order valence-electron chi connectivity index (χ3n) is 2.15. The van der Waals surface area contributed by atoms with E-state index >= 15 is 0 Å². The number of carboxylic acids is 1. The molecular formula is C13H14N2O3. The topological polar surface area (TPSA) is 78.4 Å². The van der Waals surface area contributed by atoms with Gasteiger partial charge in [-0.15, -0.1) is 6.42 Å². The zero-order valence-corrected chi connectivity index (χ0v) is 9.77. The van der Waals surface area contributed by atoms with Gasteiger partial charge >= 0.3 is 5.97 Å². The van der Waals surface area contributed by atoms with E-state index in [1.165, 1.54) is 0 Å². The molecule has 0 aliphatic heterocycles. The van der Waals surface area contributed by atoms with Crippen LogP contribution >= 0.6 is 0 Å². The lowest BCUT2D eigenvalue weighted by atomic mass is 10.1. The second kappa shape index (κ2) is 7.09. The van der Waals surface area contributed by atoms with Gasteiger partial charge in [0, 0.05) is 5.69 Å². The van der Waals surface area contributed by atoms with E-state index in [0.29, 0.717) is 17.8 Å². The van der Waals surface area contributed by atoms with Crippen molar-refractivity contribution in [1.29, 1.82) is 0 Å². The van der Waals surface area contributed by atoms with Crippen molar-refractivity contribution in [3.63, 3.8) is 0 Å². The molecule has 18 heavy (non-hydrogen) atoms. The van der Waals surface area contributed by atoms with Gasteiger partial charge < -0.3 is 10.4 Å². The fourth-order valence-electron chi connectivity index (χ4n) is 1.40. The van der Waals surface area contributed by atoms with Crippen molar-refractivity contribution in [3.05, 3.63) is 29.8 Å². The molecule has 0 atom stereocenters. The molecule has 0 saturated carbocycles. The van der Waals surface area contributed by atoms with E-state index in [0.717, 1.165) is 0 Å². The van der Waals surface area contributed by atoms with Crippen LogP contribution in [0.5, 0.6) is 0 Å². The number of hydrogen-bond donors (Lipinski definition) is 3. The summed E-state index contributed by atoms with van der Waals surface area (Å²) >= 11 is 0. The monoisotopic (exact) mass is 246 g/mol. The van der Waals surface area contributed by atoms with Crippen LogP contribution in [0.3, 0.4) is 0 Å². The minimum absolute atomic E-state index is 0.0889. The predicted octanol–water partition coefficient (Wildman–Crippen LogP) is 0.475. The van der Waals surface area contributed by atoms with E-state index in [2.05, 4.69) is 16.6 Å². The van der Waals surface area contributed by atoms with Crippen molar-refractivity contribution in [2.75, 3.05) is 18.4 Å². The number of anilines is 1. The Kier molecular flexibility index (Phi) is 5.42. The zero-order chi connectivity index (χ0) is 13.4. The largest absolute Gasteiger partial charge is 0.481 e. The molecule has 0 heterocycles. The van der Waals surface area contributed by atoms with Crippen molar-refractivity contribution in [1.82, 2.24) is 5.32 Å².